The number of benzene rings is 3. The standard InChI is InChI=1S/C31H28ClN5O3/c1-21-26(19-34-30(39)37-27(40-2)18-25(33)28(32)29(37)38)35-20-36(21)31(22-12-6-3-7-13-22,23-14-8-4-9-15-23)24-16-10-5-11-17-24/h3-18,20H,19,33H2,1-2H3,(H,34,39). The number of nitrogens with zero attached hydrogens (tertiary/aromatic N) is 3. The molecule has 5 rings (SSSR count). The molecule has 40 heavy (non-hydrogen) atoms. The maximum absolute atomic E-state index is 13.1. The number of ether oxygens (including phenoxy) is 1. The van der Waals surface area contributed by atoms with E-state index in [0.717, 1.165) is 27.0 Å². The zero-order valence-corrected chi connectivity index (χ0v) is 22.8. The fraction of sp³-hybridized carbons (Fsp3) is 0.129. The van der Waals surface area contributed by atoms with E-state index in [9.17, 15) is 9.59 Å². The number of nitrogens with two attached hydrogens (primary N) is 1. The Morgan fingerprint density at radius 2 is 1.45 bits per heavy atom. The summed E-state index contributed by atoms with van der Waals surface area (Å²) in [6.07, 6.45) is 1.79. The molecule has 2 heterocycles. The molecule has 202 valence electrons. The van der Waals surface area contributed by atoms with Gasteiger partial charge in [-0.25, -0.2) is 9.78 Å². The molecule has 0 fully saturated rings. The number of nitrogens with one attached hydrogen (secondary N) is 1. The molecule has 9 heteroatoms. The van der Waals surface area contributed by atoms with Crippen LogP contribution in [-0.2, 0) is 12.1 Å². The molecular formula is C31H28ClN5O3. The number of pyridine rings is 1. The highest BCUT2D eigenvalue weighted by molar-refractivity contribution is 6.33. The second-order valence-electron chi connectivity index (χ2n) is 9.21. The number of hydrogen-bond donors (Lipinski definition) is 2. The Morgan fingerprint density at radius 1 is 0.950 bits per heavy atom. The summed E-state index contributed by atoms with van der Waals surface area (Å²) in [7, 11) is 1.34. The van der Waals surface area contributed by atoms with E-state index in [1.54, 1.807) is 6.33 Å². The number of imidazole rings is 1. The topological polar surface area (TPSA) is 104 Å². The Morgan fingerprint density at radius 3 is 1.93 bits per heavy atom. The van der Waals surface area contributed by atoms with E-state index >= 15 is 0 Å². The van der Waals surface area contributed by atoms with Gasteiger partial charge in [0.25, 0.3) is 5.56 Å². The van der Waals surface area contributed by atoms with Gasteiger partial charge in [-0.3, -0.25) is 4.79 Å². The molecule has 0 unspecified atom stereocenters. The van der Waals surface area contributed by atoms with Gasteiger partial charge in [0.15, 0.2) is 0 Å². The van der Waals surface area contributed by atoms with Crippen LogP contribution in [0.5, 0.6) is 5.88 Å². The average molecular weight is 554 g/mol. The normalized spacial score (nSPS) is 11.3. The zero-order chi connectivity index (χ0) is 28.3. The smallest absolute Gasteiger partial charge is 0.331 e. The van der Waals surface area contributed by atoms with Crippen LogP contribution in [0.1, 0.15) is 28.1 Å². The van der Waals surface area contributed by atoms with E-state index in [1.807, 2.05) is 61.5 Å². The van der Waals surface area contributed by atoms with E-state index in [0.29, 0.717) is 5.69 Å². The molecule has 5 aromatic rings. The van der Waals surface area contributed by atoms with Crippen molar-refractivity contribution in [2.75, 3.05) is 12.8 Å². The lowest BCUT2D eigenvalue weighted by Gasteiger charge is -2.38. The summed E-state index contributed by atoms with van der Waals surface area (Å²) in [4.78, 5) is 30.5. The second-order valence-corrected chi connectivity index (χ2v) is 9.59. The number of carbonyl (C=O) groups is 1. The number of amides is 1. The number of anilines is 1. The van der Waals surface area contributed by atoms with Gasteiger partial charge in [-0.15, -0.1) is 0 Å². The van der Waals surface area contributed by atoms with Gasteiger partial charge >= 0.3 is 6.03 Å². The molecule has 2 aromatic heterocycles. The fourth-order valence-corrected chi connectivity index (χ4v) is 5.22. The van der Waals surface area contributed by atoms with Gasteiger partial charge in [0.05, 0.1) is 31.4 Å². The number of rotatable bonds is 7. The van der Waals surface area contributed by atoms with Crippen molar-refractivity contribution in [1.29, 1.82) is 0 Å². The Labute approximate surface area is 236 Å². The predicted molar refractivity (Wildman–Crippen MR) is 156 cm³/mol. The van der Waals surface area contributed by atoms with E-state index in [4.69, 9.17) is 27.1 Å². The summed E-state index contributed by atoms with van der Waals surface area (Å²) in [5, 5.41) is 2.52. The van der Waals surface area contributed by atoms with E-state index < -0.39 is 17.1 Å². The minimum absolute atomic E-state index is 0.0251. The van der Waals surface area contributed by atoms with Gasteiger partial charge in [-0.1, -0.05) is 103 Å². The maximum Gasteiger partial charge on any atom is 0.331 e. The second kappa shape index (κ2) is 11.1. The molecule has 0 aliphatic heterocycles. The summed E-state index contributed by atoms with van der Waals surface area (Å²) in [6.45, 7) is 2.02. The number of methoxy groups -OCH3 is 1. The first kappa shape index (κ1) is 26.8. The Hall–Kier alpha value is -4.82. The van der Waals surface area contributed by atoms with Crippen molar-refractivity contribution in [3.05, 3.63) is 147 Å². The van der Waals surface area contributed by atoms with Crippen molar-refractivity contribution in [3.8, 4) is 5.88 Å². The lowest BCUT2D eigenvalue weighted by atomic mass is 9.76. The first-order valence-corrected chi connectivity index (χ1v) is 13.0. The highest BCUT2D eigenvalue weighted by Gasteiger charge is 2.39. The molecule has 0 spiro atoms. The molecule has 0 bridgehead atoms. The summed E-state index contributed by atoms with van der Waals surface area (Å²) >= 11 is 6.02. The number of carbonyl (C=O) groups excluding carboxylic acids is 1. The van der Waals surface area contributed by atoms with Gasteiger partial charge in [0, 0.05) is 11.8 Å². The van der Waals surface area contributed by atoms with Crippen LogP contribution in [-0.4, -0.2) is 27.3 Å². The summed E-state index contributed by atoms with van der Waals surface area (Å²) in [5.41, 5.74) is 8.92. The first-order valence-electron chi connectivity index (χ1n) is 12.6. The molecule has 8 nitrogen and oxygen atoms in total. The number of halogens is 1. The van der Waals surface area contributed by atoms with Crippen molar-refractivity contribution in [1.82, 2.24) is 19.4 Å². The van der Waals surface area contributed by atoms with Crippen LogP contribution in [0.2, 0.25) is 5.02 Å². The molecule has 0 saturated heterocycles. The lowest BCUT2D eigenvalue weighted by molar-refractivity contribution is 0.237. The number of hydrogen-bond acceptors (Lipinski definition) is 5. The third-order valence-corrected chi connectivity index (χ3v) is 7.39. The SMILES string of the molecule is COc1cc(N)c(Cl)c(=O)n1C(=O)NCc1ncn(C(c2ccccc2)(c2ccccc2)c2ccccc2)c1C. The van der Waals surface area contributed by atoms with E-state index in [1.165, 1.54) is 13.2 Å². The van der Waals surface area contributed by atoms with Crippen LogP contribution in [0.15, 0.2) is 108 Å². The van der Waals surface area contributed by atoms with Crippen LogP contribution >= 0.6 is 11.6 Å². The summed E-state index contributed by atoms with van der Waals surface area (Å²) in [6, 6.07) is 31.3. The van der Waals surface area contributed by atoms with Gasteiger partial charge < -0.3 is 20.4 Å². The summed E-state index contributed by atoms with van der Waals surface area (Å²) < 4.78 is 8.14. The monoisotopic (exact) mass is 553 g/mol. The average Bonchev–Trinajstić information content (AvgIpc) is 3.36. The predicted octanol–water partition coefficient (Wildman–Crippen LogP) is 5.20. The van der Waals surface area contributed by atoms with Crippen LogP contribution in [0.4, 0.5) is 10.5 Å². The zero-order valence-electron chi connectivity index (χ0n) is 22.0. The minimum atomic E-state index is -0.769. The molecular weight excluding hydrogens is 526 g/mol. The van der Waals surface area contributed by atoms with Crippen LogP contribution in [0, 0.1) is 6.92 Å². The van der Waals surface area contributed by atoms with E-state index in [2.05, 4.69) is 46.3 Å². The Bertz CT molecular complexity index is 1600. The molecule has 0 saturated carbocycles. The molecule has 0 aliphatic carbocycles. The van der Waals surface area contributed by atoms with Gasteiger partial charge in [0.1, 0.15) is 10.6 Å². The number of nitrogen functional groups attached to an aromatic ring is 1. The van der Waals surface area contributed by atoms with Crippen molar-refractivity contribution < 1.29 is 9.53 Å². The molecule has 0 aliphatic rings. The first-order chi connectivity index (χ1) is 19.4. The minimum Gasteiger partial charge on any atom is -0.482 e. The third-order valence-electron chi connectivity index (χ3n) is 7.01. The van der Waals surface area contributed by atoms with Crippen LogP contribution < -0.4 is 21.3 Å². The van der Waals surface area contributed by atoms with Crippen molar-refractivity contribution in [2.24, 2.45) is 0 Å². The highest BCUT2D eigenvalue weighted by atomic mass is 35.5. The molecule has 0 atom stereocenters. The molecule has 0 radical (unpaired) electrons. The highest BCUT2D eigenvalue weighted by Crippen LogP contribution is 2.41. The number of aromatic nitrogens is 3. The van der Waals surface area contributed by atoms with Crippen molar-refractivity contribution >= 4 is 23.3 Å². The molecule has 1 amide bonds. The quantitative estimate of drug-likeness (QED) is 0.270. The maximum atomic E-state index is 13.1. The van der Waals surface area contributed by atoms with Gasteiger partial charge in [0.2, 0.25) is 5.88 Å². The van der Waals surface area contributed by atoms with E-state index in [-0.39, 0.29) is 23.1 Å². The Balaban J connectivity index is 1.60. The van der Waals surface area contributed by atoms with Gasteiger partial charge in [-0.05, 0) is 23.6 Å². The third kappa shape index (κ3) is 4.52. The van der Waals surface area contributed by atoms with Crippen LogP contribution in [0.25, 0.3) is 0 Å². The van der Waals surface area contributed by atoms with Crippen molar-refractivity contribution in [2.45, 2.75) is 19.0 Å². The molecule has 3 aromatic carbocycles. The largest absolute Gasteiger partial charge is 0.482 e. The van der Waals surface area contributed by atoms with Crippen LogP contribution in [0.3, 0.4) is 0 Å². The van der Waals surface area contributed by atoms with Gasteiger partial charge in [-0.2, -0.15) is 4.57 Å². The Kier molecular flexibility index (Phi) is 7.44. The summed E-state index contributed by atoms with van der Waals surface area (Å²) in [5.74, 6) is -0.0251. The fourth-order valence-electron chi connectivity index (χ4n) is 5.08. The molecule has 3 N–H and O–H groups in total. The van der Waals surface area contributed by atoms with Crippen molar-refractivity contribution in [3.63, 3.8) is 0 Å². The lowest BCUT2D eigenvalue weighted by Crippen LogP contribution is -2.38.